The van der Waals surface area contributed by atoms with Gasteiger partial charge in [-0.15, -0.1) is 0 Å². The molecule has 0 unspecified atom stereocenters. The second-order valence-electron chi connectivity index (χ2n) is 6.10. The summed E-state index contributed by atoms with van der Waals surface area (Å²) >= 11 is 1.53. The number of hydrogen-bond acceptors (Lipinski definition) is 4. The lowest BCUT2D eigenvalue weighted by molar-refractivity contribution is -0.137. The Labute approximate surface area is 157 Å². The van der Waals surface area contributed by atoms with Crippen molar-refractivity contribution in [2.45, 2.75) is 17.5 Å². The predicted molar refractivity (Wildman–Crippen MR) is 98.6 cm³/mol. The van der Waals surface area contributed by atoms with Crippen molar-refractivity contribution in [2.24, 2.45) is 5.10 Å². The third kappa shape index (κ3) is 3.57. The number of thioether (sulfide) groups is 1. The number of amides is 1. The zero-order valence-corrected chi connectivity index (χ0v) is 14.7. The molecule has 0 fully saturated rings. The van der Waals surface area contributed by atoms with Crippen LogP contribution in [0.1, 0.15) is 17.5 Å². The fourth-order valence-corrected chi connectivity index (χ4v) is 4.17. The number of rotatable bonds is 3. The number of fused-ring (bicyclic) bond motifs is 3. The van der Waals surface area contributed by atoms with Crippen molar-refractivity contribution >= 4 is 29.1 Å². The molecule has 2 aromatic rings. The summed E-state index contributed by atoms with van der Waals surface area (Å²) in [5, 5.41) is 6.99. The van der Waals surface area contributed by atoms with Gasteiger partial charge in [0.1, 0.15) is 0 Å². The van der Waals surface area contributed by atoms with E-state index in [2.05, 4.69) is 15.8 Å². The number of halogens is 3. The van der Waals surface area contributed by atoms with Gasteiger partial charge in [0.15, 0.2) is 0 Å². The maximum Gasteiger partial charge on any atom is 0.416 e. The summed E-state index contributed by atoms with van der Waals surface area (Å²) in [6.07, 6.45) is -4.26. The van der Waals surface area contributed by atoms with Crippen molar-refractivity contribution in [3.05, 3.63) is 70.1 Å². The summed E-state index contributed by atoms with van der Waals surface area (Å²) in [6, 6.07) is 12.3. The Morgan fingerprint density at radius 3 is 2.63 bits per heavy atom. The van der Waals surface area contributed by atoms with E-state index in [1.165, 1.54) is 23.9 Å². The van der Waals surface area contributed by atoms with Gasteiger partial charge >= 0.3 is 6.18 Å². The summed E-state index contributed by atoms with van der Waals surface area (Å²) < 4.78 is 37.9. The van der Waals surface area contributed by atoms with Crippen LogP contribution in [0.15, 0.2) is 69.0 Å². The molecule has 27 heavy (non-hydrogen) atoms. The minimum absolute atomic E-state index is 0.135. The SMILES string of the molecule is O=C(CC1=C2CNN=C2c2ccccc2S1)Nc1ccc(C(F)(F)F)cc1. The number of anilines is 1. The monoisotopic (exact) mass is 389 g/mol. The highest BCUT2D eigenvalue weighted by Gasteiger charge is 2.30. The van der Waals surface area contributed by atoms with Crippen LogP contribution in [-0.2, 0) is 11.0 Å². The molecule has 0 bridgehead atoms. The van der Waals surface area contributed by atoms with Crippen LogP contribution >= 0.6 is 11.8 Å². The van der Waals surface area contributed by atoms with Crippen molar-refractivity contribution in [1.82, 2.24) is 5.43 Å². The number of hydrogen-bond donors (Lipinski definition) is 2. The topological polar surface area (TPSA) is 53.5 Å². The van der Waals surface area contributed by atoms with Gasteiger partial charge in [0.2, 0.25) is 5.91 Å². The summed E-state index contributed by atoms with van der Waals surface area (Å²) in [5.74, 6) is -0.282. The largest absolute Gasteiger partial charge is 0.416 e. The first-order valence-electron chi connectivity index (χ1n) is 8.19. The van der Waals surface area contributed by atoms with E-state index in [1.807, 2.05) is 24.3 Å². The van der Waals surface area contributed by atoms with Crippen LogP contribution in [0.25, 0.3) is 0 Å². The Morgan fingerprint density at radius 1 is 1.15 bits per heavy atom. The van der Waals surface area contributed by atoms with Gasteiger partial charge in [-0.1, -0.05) is 30.0 Å². The summed E-state index contributed by atoms with van der Waals surface area (Å²) in [4.78, 5) is 14.3. The van der Waals surface area contributed by atoms with Crippen LogP contribution in [0, 0.1) is 0 Å². The molecule has 2 aliphatic rings. The first-order chi connectivity index (χ1) is 12.9. The predicted octanol–water partition coefficient (Wildman–Crippen LogP) is 4.40. The lowest BCUT2D eigenvalue weighted by atomic mass is 10.0. The molecule has 4 rings (SSSR count). The molecular formula is C19H14F3N3OS. The first-order valence-corrected chi connectivity index (χ1v) is 9.01. The fourth-order valence-electron chi connectivity index (χ4n) is 2.98. The molecule has 1 amide bonds. The van der Waals surface area contributed by atoms with Gasteiger partial charge in [-0.3, -0.25) is 4.79 Å². The van der Waals surface area contributed by atoms with E-state index in [1.54, 1.807) is 0 Å². The minimum atomic E-state index is -4.40. The second kappa shape index (κ2) is 6.77. The molecule has 138 valence electrons. The van der Waals surface area contributed by atoms with E-state index in [-0.39, 0.29) is 12.3 Å². The van der Waals surface area contributed by atoms with Crippen molar-refractivity contribution in [1.29, 1.82) is 0 Å². The molecule has 0 aromatic heterocycles. The number of nitrogens with one attached hydrogen (secondary N) is 2. The Bertz CT molecular complexity index is 965. The highest BCUT2D eigenvalue weighted by Crippen LogP contribution is 2.41. The second-order valence-corrected chi connectivity index (χ2v) is 7.23. The molecule has 2 N–H and O–H groups in total. The molecule has 8 heteroatoms. The van der Waals surface area contributed by atoms with Crippen LogP contribution in [0.3, 0.4) is 0 Å². The zero-order chi connectivity index (χ0) is 19.0. The number of benzene rings is 2. The van der Waals surface area contributed by atoms with Gasteiger partial charge in [-0.05, 0) is 30.3 Å². The van der Waals surface area contributed by atoms with Gasteiger partial charge in [0, 0.05) is 26.6 Å². The molecule has 4 nitrogen and oxygen atoms in total. The number of carbonyl (C=O) groups excluding carboxylic acids is 1. The van der Waals surface area contributed by atoms with Gasteiger partial charge < -0.3 is 10.7 Å². The number of hydrazone groups is 1. The van der Waals surface area contributed by atoms with Crippen molar-refractivity contribution in [3.8, 4) is 0 Å². The van der Waals surface area contributed by atoms with Crippen LogP contribution in [0.5, 0.6) is 0 Å². The maximum absolute atomic E-state index is 12.6. The van der Waals surface area contributed by atoms with Crippen LogP contribution in [0.4, 0.5) is 18.9 Å². The third-order valence-electron chi connectivity index (χ3n) is 4.26. The van der Waals surface area contributed by atoms with Gasteiger partial charge in [0.25, 0.3) is 0 Å². The highest BCUT2D eigenvalue weighted by molar-refractivity contribution is 8.03. The zero-order valence-electron chi connectivity index (χ0n) is 13.9. The number of alkyl halides is 3. The van der Waals surface area contributed by atoms with Gasteiger partial charge in [-0.25, -0.2) is 0 Å². The Kier molecular flexibility index (Phi) is 4.43. The van der Waals surface area contributed by atoms with E-state index in [9.17, 15) is 18.0 Å². The lowest BCUT2D eigenvalue weighted by Crippen LogP contribution is -2.17. The number of nitrogens with zero attached hydrogens (tertiary/aromatic N) is 1. The summed E-state index contributed by atoms with van der Waals surface area (Å²) in [5.41, 5.74) is 5.41. The van der Waals surface area contributed by atoms with Crippen LogP contribution in [0.2, 0.25) is 0 Å². The summed E-state index contributed by atoms with van der Waals surface area (Å²) in [7, 11) is 0. The molecule has 0 atom stereocenters. The average Bonchev–Trinajstić information content (AvgIpc) is 3.12. The normalized spacial score (nSPS) is 15.6. The Morgan fingerprint density at radius 2 is 1.89 bits per heavy atom. The molecule has 0 aliphatic carbocycles. The van der Waals surface area contributed by atoms with Crippen LogP contribution < -0.4 is 10.7 Å². The molecule has 0 spiro atoms. The molecule has 0 radical (unpaired) electrons. The van der Waals surface area contributed by atoms with Gasteiger partial charge in [0.05, 0.1) is 24.2 Å². The van der Waals surface area contributed by atoms with Crippen molar-refractivity contribution in [3.63, 3.8) is 0 Å². The van der Waals surface area contributed by atoms with E-state index < -0.39 is 11.7 Å². The lowest BCUT2D eigenvalue weighted by Gasteiger charge is -2.20. The molecule has 0 saturated carbocycles. The Hall–Kier alpha value is -2.74. The van der Waals surface area contributed by atoms with Gasteiger partial charge in [-0.2, -0.15) is 18.3 Å². The maximum atomic E-state index is 12.6. The molecule has 2 heterocycles. The molecule has 2 aliphatic heterocycles. The fraction of sp³-hybridized carbons (Fsp3) is 0.158. The van der Waals surface area contributed by atoms with Crippen molar-refractivity contribution in [2.75, 3.05) is 11.9 Å². The van der Waals surface area contributed by atoms with E-state index >= 15 is 0 Å². The Balaban J connectivity index is 1.50. The quantitative estimate of drug-likeness (QED) is 0.818. The van der Waals surface area contributed by atoms with E-state index in [0.717, 1.165) is 38.8 Å². The molecular weight excluding hydrogens is 375 g/mol. The molecule has 0 saturated heterocycles. The van der Waals surface area contributed by atoms with E-state index in [0.29, 0.717) is 12.2 Å². The standard InChI is InChI=1S/C19H14F3N3OS/c20-19(21,22)11-5-7-12(8-6-11)24-17(26)9-16-14-10-23-25-18(14)13-3-1-2-4-15(13)27-16/h1-8,23H,9-10H2,(H,24,26). The average molecular weight is 389 g/mol. The smallest absolute Gasteiger partial charge is 0.326 e. The number of carbonyl (C=O) groups is 1. The van der Waals surface area contributed by atoms with Crippen LogP contribution in [-0.4, -0.2) is 18.2 Å². The van der Waals surface area contributed by atoms with E-state index in [4.69, 9.17) is 0 Å². The first kappa shape index (κ1) is 17.7. The third-order valence-corrected chi connectivity index (χ3v) is 5.47. The molecule has 2 aromatic carbocycles. The van der Waals surface area contributed by atoms with Crippen molar-refractivity contribution < 1.29 is 18.0 Å². The minimum Gasteiger partial charge on any atom is -0.326 e. The highest BCUT2D eigenvalue weighted by atomic mass is 32.2. The summed E-state index contributed by atoms with van der Waals surface area (Å²) in [6.45, 7) is 0.555.